The molecule has 4 nitrogen and oxygen atoms in total. The number of hydrogen-bond acceptors (Lipinski definition) is 2. The second-order valence-corrected chi connectivity index (χ2v) is 13.3. The zero-order valence-electron chi connectivity index (χ0n) is 22.1. The summed E-state index contributed by atoms with van der Waals surface area (Å²) in [4.78, 5) is 23.1. The van der Waals surface area contributed by atoms with Crippen molar-refractivity contribution in [3.63, 3.8) is 0 Å². The molecule has 3 unspecified atom stereocenters. The third kappa shape index (κ3) is 4.05. The summed E-state index contributed by atoms with van der Waals surface area (Å²) < 4.78 is 0. The summed E-state index contributed by atoms with van der Waals surface area (Å²) in [5.74, 6) is 4.11. The molecule has 188 valence electrons. The zero-order valence-corrected chi connectivity index (χ0v) is 22.1. The van der Waals surface area contributed by atoms with Crippen molar-refractivity contribution in [3.8, 4) is 0 Å². The van der Waals surface area contributed by atoms with Crippen LogP contribution >= 0.6 is 0 Å². The van der Waals surface area contributed by atoms with Crippen LogP contribution in [-0.2, 0) is 4.79 Å². The molecule has 0 aromatic rings. The number of fused-ring (bicyclic) bond motifs is 5. The predicted octanol–water partition coefficient (Wildman–Crippen LogP) is 7.06. The second kappa shape index (κ2) is 9.19. The normalized spacial score (nSPS) is 45.4. The van der Waals surface area contributed by atoms with Crippen LogP contribution in [0.5, 0.6) is 0 Å². The Balaban J connectivity index is 1.46. The lowest BCUT2D eigenvalue weighted by molar-refractivity contribution is -0.172. The van der Waals surface area contributed by atoms with Crippen LogP contribution in [0.3, 0.4) is 0 Å². The van der Waals surface area contributed by atoms with Gasteiger partial charge in [-0.2, -0.15) is 0 Å². The Labute approximate surface area is 202 Å². The summed E-state index contributed by atoms with van der Waals surface area (Å²) in [5.41, 5.74) is 6.59. The number of carbonyl (C=O) groups excluding carboxylic acids is 2. The summed E-state index contributed by atoms with van der Waals surface area (Å²) in [6.07, 6.45) is 17.4. The van der Waals surface area contributed by atoms with Crippen LogP contribution < -0.4 is 11.1 Å². The van der Waals surface area contributed by atoms with Crippen LogP contribution in [0.25, 0.3) is 0 Å². The van der Waals surface area contributed by atoms with Gasteiger partial charge in [-0.25, -0.2) is 4.79 Å². The van der Waals surface area contributed by atoms with Crippen molar-refractivity contribution < 1.29 is 9.59 Å². The molecule has 0 bridgehead atoms. The van der Waals surface area contributed by atoms with Crippen LogP contribution in [0.1, 0.15) is 118 Å². The van der Waals surface area contributed by atoms with Crippen molar-refractivity contribution in [2.45, 2.75) is 118 Å². The smallest absolute Gasteiger partial charge is 0.318 e. The van der Waals surface area contributed by atoms with Crippen LogP contribution in [0.2, 0.25) is 0 Å². The number of imide groups is 1. The van der Waals surface area contributed by atoms with Gasteiger partial charge in [0.2, 0.25) is 5.91 Å². The van der Waals surface area contributed by atoms with Gasteiger partial charge < -0.3 is 5.73 Å². The fourth-order valence-electron chi connectivity index (χ4n) is 10.0. The molecule has 0 spiro atoms. The first-order valence-electron chi connectivity index (χ1n) is 14.2. The molecule has 4 saturated carbocycles. The fourth-order valence-corrected chi connectivity index (χ4v) is 10.0. The monoisotopic (exact) mass is 458 g/mol. The maximum atomic E-state index is 12.1. The van der Waals surface area contributed by atoms with Gasteiger partial charge in [-0.1, -0.05) is 60.3 Å². The topological polar surface area (TPSA) is 72.2 Å². The van der Waals surface area contributed by atoms with E-state index in [0.29, 0.717) is 16.2 Å². The Kier molecular flexibility index (Phi) is 6.97. The second-order valence-electron chi connectivity index (χ2n) is 13.3. The Morgan fingerprint density at radius 1 is 0.970 bits per heavy atom. The lowest BCUT2D eigenvalue weighted by Crippen LogP contribution is -2.59. The lowest BCUT2D eigenvalue weighted by Gasteiger charge is -2.66. The third-order valence-electron chi connectivity index (χ3n) is 12.2. The number of nitrogens with two attached hydrogens (primary N) is 1. The van der Waals surface area contributed by atoms with Gasteiger partial charge in [0.25, 0.3) is 0 Å². The molecule has 4 aliphatic rings. The average Bonchev–Trinajstić information content (AvgIpc) is 3.03. The highest BCUT2D eigenvalue weighted by molar-refractivity contribution is 5.94. The van der Waals surface area contributed by atoms with Crippen LogP contribution in [0, 0.1) is 51.8 Å². The Bertz CT molecular complexity index is 752. The number of primary amides is 1. The summed E-state index contributed by atoms with van der Waals surface area (Å²) in [5, 5.41) is 2.25. The van der Waals surface area contributed by atoms with E-state index in [1.165, 1.54) is 70.6 Å². The molecule has 4 fully saturated rings. The first kappa shape index (κ1) is 25.0. The molecule has 33 heavy (non-hydrogen) atoms. The molecular weight excluding hydrogens is 408 g/mol. The minimum absolute atomic E-state index is 0.152. The summed E-state index contributed by atoms with van der Waals surface area (Å²) in [6, 6.07) is -0.741. The summed E-state index contributed by atoms with van der Waals surface area (Å²) in [6.45, 7) is 12.4. The molecule has 0 saturated heterocycles. The van der Waals surface area contributed by atoms with Gasteiger partial charge in [0.15, 0.2) is 0 Å². The van der Waals surface area contributed by atoms with E-state index >= 15 is 0 Å². The molecule has 0 aromatic carbocycles. The van der Waals surface area contributed by atoms with Crippen LogP contribution in [0.4, 0.5) is 4.79 Å². The molecular formula is C29H50N2O2. The zero-order chi connectivity index (χ0) is 24.0. The molecule has 0 heterocycles. The van der Waals surface area contributed by atoms with E-state index in [1.54, 1.807) is 0 Å². The molecule has 0 aromatic heterocycles. The predicted molar refractivity (Wildman–Crippen MR) is 134 cm³/mol. The lowest BCUT2D eigenvalue weighted by atomic mass is 9.39. The SMILES string of the molecule is CC[C@H]1C[C@@H]2C(CC[C@]3(C)[C@@H](CCCC(C)C(=O)NC(N)=O)CC[C@@]23C)[C@@]2(C)CCCCC12. The summed E-state index contributed by atoms with van der Waals surface area (Å²) >= 11 is 0. The Hall–Kier alpha value is -1.06. The third-order valence-corrected chi connectivity index (χ3v) is 12.2. The van der Waals surface area contributed by atoms with E-state index in [9.17, 15) is 9.59 Å². The number of urea groups is 1. The quantitative estimate of drug-likeness (QED) is 0.447. The fraction of sp³-hybridized carbons (Fsp3) is 0.931. The van der Waals surface area contributed by atoms with Gasteiger partial charge in [-0.05, 0) is 104 Å². The molecule has 0 aliphatic heterocycles. The van der Waals surface area contributed by atoms with Crippen molar-refractivity contribution in [2.75, 3.05) is 0 Å². The molecule has 4 heteroatoms. The first-order valence-corrected chi connectivity index (χ1v) is 14.2. The van der Waals surface area contributed by atoms with E-state index in [-0.39, 0.29) is 11.8 Å². The number of hydrogen-bond donors (Lipinski definition) is 2. The van der Waals surface area contributed by atoms with Gasteiger partial charge in [-0.15, -0.1) is 0 Å². The molecule has 4 aliphatic carbocycles. The molecule has 3 amide bonds. The average molecular weight is 459 g/mol. The van der Waals surface area contributed by atoms with E-state index < -0.39 is 6.03 Å². The van der Waals surface area contributed by atoms with E-state index in [2.05, 4.69) is 33.0 Å². The highest BCUT2D eigenvalue weighted by Gasteiger charge is 2.65. The van der Waals surface area contributed by atoms with Crippen molar-refractivity contribution >= 4 is 11.9 Å². The van der Waals surface area contributed by atoms with Gasteiger partial charge >= 0.3 is 6.03 Å². The summed E-state index contributed by atoms with van der Waals surface area (Å²) in [7, 11) is 0. The van der Waals surface area contributed by atoms with Crippen molar-refractivity contribution in [3.05, 3.63) is 0 Å². The largest absolute Gasteiger partial charge is 0.351 e. The molecule has 0 radical (unpaired) electrons. The number of nitrogens with one attached hydrogen (secondary N) is 1. The number of rotatable bonds is 6. The number of amides is 3. The van der Waals surface area contributed by atoms with Gasteiger partial charge in [-0.3, -0.25) is 10.1 Å². The maximum Gasteiger partial charge on any atom is 0.318 e. The minimum Gasteiger partial charge on any atom is -0.351 e. The highest BCUT2D eigenvalue weighted by atomic mass is 16.2. The van der Waals surface area contributed by atoms with Crippen molar-refractivity contribution in [2.24, 2.45) is 57.5 Å². The minimum atomic E-state index is -0.741. The first-order chi connectivity index (χ1) is 15.6. The Morgan fingerprint density at radius 3 is 2.39 bits per heavy atom. The van der Waals surface area contributed by atoms with Gasteiger partial charge in [0.05, 0.1) is 0 Å². The van der Waals surface area contributed by atoms with E-state index in [0.717, 1.165) is 42.4 Å². The van der Waals surface area contributed by atoms with Gasteiger partial charge in [0, 0.05) is 5.92 Å². The highest BCUT2D eigenvalue weighted by Crippen LogP contribution is 2.73. The van der Waals surface area contributed by atoms with Crippen molar-refractivity contribution in [1.29, 1.82) is 0 Å². The molecule has 9 atom stereocenters. The van der Waals surface area contributed by atoms with Crippen molar-refractivity contribution in [1.82, 2.24) is 5.32 Å². The standard InChI is InChI=1S/C29H50N2O2/c1-6-20-18-24-23(27(3)15-8-7-12-22(20)27)14-17-28(4)21(13-16-29(24,28)5)11-9-10-19(2)25(32)31-26(30)33/h19-24H,6-18H2,1-5H3,(H3,30,31,32,33)/t19?,20-,21-,22?,23?,24+,27-,28+,29-/m0/s1. The van der Waals surface area contributed by atoms with E-state index in [4.69, 9.17) is 5.73 Å². The van der Waals surface area contributed by atoms with Crippen LogP contribution in [-0.4, -0.2) is 11.9 Å². The Morgan fingerprint density at radius 2 is 1.70 bits per heavy atom. The van der Waals surface area contributed by atoms with Crippen LogP contribution in [0.15, 0.2) is 0 Å². The maximum absolute atomic E-state index is 12.1. The molecule has 4 rings (SSSR count). The van der Waals surface area contributed by atoms with Gasteiger partial charge in [0.1, 0.15) is 0 Å². The van der Waals surface area contributed by atoms with E-state index in [1.807, 2.05) is 6.92 Å². The molecule has 3 N–H and O–H groups in total. The number of carbonyl (C=O) groups is 2.